The fourth-order valence-electron chi connectivity index (χ4n) is 3.24. The number of carbonyl (C=O) groups excluding carboxylic acids is 1. The first kappa shape index (κ1) is 25.1. The topological polar surface area (TPSA) is 85.4 Å². The third-order valence-corrected chi connectivity index (χ3v) is 5.21. The van der Waals surface area contributed by atoms with E-state index in [0.29, 0.717) is 47.4 Å². The molecule has 0 atom stereocenters. The van der Waals surface area contributed by atoms with E-state index in [1.807, 2.05) is 24.3 Å². The van der Waals surface area contributed by atoms with E-state index in [9.17, 15) is 4.79 Å². The molecule has 0 fully saturated rings. The van der Waals surface area contributed by atoms with E-state index in [1.54, 1.807) is 25.3 Å². The number of methoxy groups -OCH3 is 1. The monoisotopic (exact) mass is 479 g/mol. The van der Waals surface area contributed by atoms with E-state index >= 15 is 0 Å². The second-order valence-corrected chi connectivity index (χ2v) is 7.83. The highest BCUT2D eigenvalue weighted by atomic mass is 35.5. The zero-order valence-corrected chi connectivity index (χ0v) is 19.9. The molecular formula is C26H28ClN4O3. The Labute approximate surface area is 204 Å². The first-order valence-electron chi connectivity index (χ1n) is 10.9. The molecule has 1 heterocycles. The normalized spacial score (nSPS) is 10.5. The van der Waals surface area contributed by atoms with Crippen LogP contribution in [0.1, 0.15) is 24.8 Å². The summed E-state index contributed by atoms with van der Waals surface area (Å²) in [6.45, 7) is 8.21. The minimum Gasteiger partial charge on any atom is -0.493 e. The van der Waals surface area contributed by atoms with Crippen LogP contribution in [0.2, 0.25) is 5.02 Å². The standard InChI is InChI=1S/C26H28ClN4O3/c1-4-6-8-12-34-24-14-20-22(15-23(24)33-3)29-17-30-26(20)31-21-13-19(27)11-10-18(21)16-28-25(32)9-7-5-2/h4-5,9-11,13-15,17H,1-2,6-8,12,16H2,3H3,(H,28,32)(H,29,30,31). The molecule has 8 heteroatoms. The second-order valence-electron chi connectivity index (χ2n) is 7.39. The fraction of sp³-hybridized carbons (Fsp3) is 0.231. The molecule has 177 valence electrons. The van der Waals surface area contributed by atoms with Gasteiger partial charge in [-0.3, -0.25) is 4.79 Å². The molecule has 0 unspecified atom stereocenters. The second kappa shape index (κ2) is 12.6. The molecule has 0 aliphatic rings. The summed E-state index contributed by atoms with van der Waals surface area (Å²) in [6, 6.07) is 9.11. The van der Waals surface area contributed by atoms with Crippen LogP contribution in [0.5, 0.6) is 11.5 Å². The van der Waals surface area contributed by atoms with Gasteiger partial charge >= 0.3 is 0 Å². The minimum atomic E-state index is -0.168. The number of allylic oxidation sites excluding steroid dienone is 2. The Morgan fingerprint density at radius 1 is 1.15 bits per heavy atom. The van der Waals surface area contributed by atoms with Crippen LogP contribution in [0.15, 0.2) is 62.0 Å². The van der Waals surface area contributed by atoms with Crippen molar-refractivity contribution in [3.05, 3.63) is 79.0 Å². The predicted molar refractivity (Wildman–Crippen MR) is 137 cm³/mol. The summed E-state index contributed by atoms with van der Waals surface area (Å²) < 4.78 is 11.4. The molecule has 34 heavy (non-hydrogen) atoms. The quantitative estimate of drug-likeness (QED) is 0.239. The van der Waals surface area contributed by atoms with Gasteiger partial charge in [-0.1, -0.05) is 29.8 Å². The van der Waals surface area contributed by atoms with Gasteiger partial charge in [-0.15, -0.1) is 13.2 Å². The lowest BCUT2D eigenvalue weighted by Crippen LogP contribution is -2.23. The van der Waals surface area contributed by atoms with Crippen molar-refractivity contribution < 1.29 is 14.3 Å². The van der Waals surface area contributed by atoms with Crippen LogP contribution in [0.3, 0.4) is 0 Å². The number of ether oxygens (including phenoxy) is 2. The van der Waals surface area contributed by atoms with E-state index in [1.165, 1.54) is 12.7 Å². The molecular weight excluding hydrogens is 452 g/mol. The maximum atomic E-state index is 12.0. The minimum absolute atomic E-state index is 0.168. The number of hydrogen-bond donors (Lipinski definition) is 2. The first-order valence-corrected chi connectivity index (χ1v) is 11.3. The third-order valence-electron chi connectivity index (χ3n) is 4.98. The largest absolute Gasteiger partial charge is 0.493 e. The molecule has 0 saturated heterocycles. The highest BCUT2D eigenvalue weighted by molar-refractivity contribution is 6.30. The first-order chi connectivity index (χ1) is 16.5. The number of fused-ring (bicyclic) bond motifs is 1. The van der Waals surface area contributed by atoms with E-state index in [4.69, 9.17) is 21.1 Å². The van der Waals surface area contributed by atoms with Crippen LogP contribution in [-0.4, -0.2) is 29.6 Å². The smallest absolute Gasteiger partial charge is 0.224 e. The van der Waals surface area contributed by atoms with E-state index in [2.05, 4.69) is 33.8 Å². The molecule has 7 nitrogen and oxygen atoms in total. The summed E-state index contributed by atoms with van der Waals surface area (Å²) >= 11 is 6.26. The summed E-state index contributed by atoms with van der Waals surface area (Å²) in [7, 11) is 1.59. The zero-order chi connectivity index (χ0) is 24.3. The number of unbranched alkanes of at least 4 members (excludes halogenated alkanes) is 1. The number of hydrogen-bond acceptors (Lipinski definition) is 6. The molecule has 0 bridgehead atoms. The molecule has 3 rings (SSSR count). The Morgan fingerprint density at radius 3 is 2.76 bits per heavy atom. The SMILES string of the molecule is C=CC[CH]C(=O)NCc1ccc(Cl)cc1Nc1ncnc2cc(OC)c(OCCCC=C)cc12. The van der Waals surface area contributed by atoms with Gasteiger partial charge in [0.15, 0.2) is 11.5 Å². The Kier molecular flexibility index (Phi) is 9.29. The molecule has 0 aliphatic carbocycles. The van der Waals surface area contributed by atoms with Crippen LogP contribution < -0.4 is 20.1 Å². The number of carbonyl (C=O) groups is 1. The molecule has 1 aromatic heterocycles. The average molecular weight is 480 g/mol. The maximum absolute atomic E-state index is 12.0. The van der Waals surface area contributed by atoms with Gasteiger partial charge in [0.25, 0.3) is 0 Å². The van der Waals surface area contributed by atoms with E-state index < -0.39 is 0 Å². The van der Waals surface area contributed by atoms with Gasteiger partial charge in [-0.05, 0) is 43.0 Å². The summed E-state index contributed by atoms with van der Waals surface area (Å²) in [5.74, 6) is 1.61. The summed E-state index contributed by atoms with van der Waals surface area (Å²) in [5, 5.41) is 7.53. The van der Waals surface area contributed by atoms with Gasteiger partial charge < -0.3 is 20.1 Å². The Morgan fingerprint density at radius 2 is 2.00 bits per heavy atom. The number of rotatable bonds is 13. The van der Waals surface area contributed by atoms with Crippen LogP contribution >= 0.6 is 11.6 Å². The lowest BCUT2D eigenvalue weighted by atomic mass is 10.1. The van der Waals surface area contributed by atoms with Gasteiger partial charge in [0, 0.05) is 28.7 Å². The number of halogens is 1. The molecule has 3 aromatic rings. The number of amides is 1. The molecule has 2 N–H and O–H groups in total. The average Bonchev–Trinajstić information content (AvgIpc) is 2.84. The van der Waals surface area contributed by atoms with Crippen LogP contribution in [0, 0.1) is 6.42 Å². The molecule has 0 saturated carbocycles. The summed E-state index contributed by atoms with van der Waals surface area (Å²) in [4.78, 5) is 20.8. The maximum Gasteiger partial charge on any atom is 0.224 e. The molecule has 0 aliphatic heterocycles. The highest BCUT2D eigenvalue weighted by Crippen LogP contribution is 2.35. The number of anilines is 2. The van der Waals surface area contributed by atoms with Crippen molar-refractivity contribution in [1.82, 2.24) is 15.3 Å². The van der Waals surface area contributed by atoms with Crippen molar-refractivity contribution in [1.29, 1.82) is 0 Å². The van der Waals surface area contributed by atoms with Crippen molar-refractivity contribution in [2.75, 3.05) is 19.0 Å². The van der Waals surface area contributed by atoms with Crippen LogP contribution in [-0.2, 0) is 11.3 Å². The highest BCUT2D eigenvalue weighted by Gasteiger charge is 2.14. The lowest BCUT2D eigenvalue weighted by molar-refractivity contribution is -0.118. The molecule has 1 amide bonds. The molecule has 1 radical (unpaired) electrons. The van der Waals surface area contributed by atoms with Gasteiger partial charge in [0.1, 0.15) is 12.1 Å². The number of aromatic nitrogens is 2. The van der Waals surface area contributed by atoms with Crippen molar-refractivity contribution in [3.8, 4) is 11.5 Å². The van der Waals surface area contributed by atoms with Gasteiger partial charge in [0.2, 0.25) is 5.91 Å². The molecule has 2 aromatic carbocycles. The van der Waals surface area contributed by atoms with Gasteiger partial charge in [-0.25, -0.2) is 9.97 Å². The number of benzene rings is 2. The van der Waals surface area contributed by atoms with Crippen LogP contribution in [0.4, 0.5) is 11.5 Å². The predicted octanol–water partition coefficient (Wildman–Crippen LogP) is 5.78. The summed E-state index contributed by atoms with van der Waals surface area (Å²) in [6.07, 6.45) is 8.77. The number of nitrogens with one attached hydrogen (secondary N) is 2. The third kappa shape index (κ3) is 6.71. The Balaban J connectivity index is 1.89. The number of nitrogens with zero attached hydrogens (tertiary/aromatic N) is 2. The fourth-order valence-corrected chi connectivity index (χ4v) is 3.41. The van der Waals surface area contributed by atoms with Crippen LogP contribution in [0.25, 0.3) is 10.9 Å². The molecule has 0 spiro atoms. The van der Waals surface area contributed by atoms with E-state index in [-0.39, 0.29) is 5.91 Å². The van der Waals surface area contributed by atoms with Crippen molar-refractivity contribution >= 4 is 39.9 Å². The van der Waals surface area contributed by atoms with Crippen molar-refractivity contribution in [2.24, 2.45) is 0 Å². The Hall–Kier alpha value is -3.58. The van der Waals surface area contributed by atoms with Crippen molar-refractivity contribution in [3.63, 3.8) is 0 Å². The van der Waals surface area contributed by atoms with Crippen molar-refractivity contribution in [2.45, 2.75) is 25.8 Å². The Bertz CT molecular complexity index is 1170. The van der Waals surface area contributed by atoms with Gasteiger partial charge in [0.05, 0.1) is 25.7 Å². The van der Waals surface area contributed by atoms with Gasteiger partial charge in [-0.2, -0.15) is 0 Å². The zero-order valence-electron chi connectivity index (χ0n) is 19.1. The van der Waals surface area contributed by atoms with E-state index in [0.717, 1.165) is 29.5 Å². The summed E-state index contributed by atoms with van der Waals surface area (Å²) in [5.41, 5.74) is 2.27. The lowest BCUT2D eigenvalue weighted by Gasteiger charge is -2.16.